The van der Waals surface area contributed by atoms with Gasteiger partial charge in [0.2, 0.25) is 5.91 Å². The first-order valence-corrected chi connectivity index (χ1v) is 5.67. The quantitative estimate of drug-likeness (QED) is 0.585. The minimum absolute atomic E-state index is 0.236. The van der Waals surface area contributed by atoms with E-state index in [-0.39, 0.29) is 5.41 Å². The first-order chi connectivity index (χ1) is 6.34. The van der Waals surface area contributed by atoms with Crippen LogP contribution >= 0.6 is 0 Å². The molecule has 1 fully saturated rings. The molecule has 14 heavy (non-hydrogen) atoms. The number of carbonyl (C=O) groups is 1. The molecule has 2 heteroatoms. The van der Waals surface area contributed by atoms with Gasteiger partial charge in [-0.3, -0.25) is 4.79 Å². The van der Waals surface area contributed by atoms with E-state index >= 15 is 0 Å². The van der Waals surface area contributed by atoms with Gasteiger partial charge in [-0.2, -0.15) is 0 Å². The monoisotopic (exact) mass is 197 g/mol. The van der Waals surface area contributed by atoms with Crippen molar-refractivity contribution < 1.29 is 4.79 Å². The molecule has 1 aliphatic rings. The molecular weight excluding hydrogens is 174 g/mol. The van der Waals surface area contributed by atoms with E-state index in [0.29, 0.717) is 18.0 Å². The van der Waals surface area contributed by atoms with Crippen LogP contribution in [0.1, 0.15) is 53.9 Å². The molecule has 1 heterocycles. The van der Waals surface area contributed by atoms with E-state index in [9.17, 15) is 4.79 Å². The van der Waals surface area contributed by atoms with Crippen LogP contribution in [0.5, 0.6) is 0 Å². The summed E-state index contributed by atoms with van der Waals surface area (Å²) >= 11 is 0. The van der Waals surface area contributed by atoms with E-state index in [4.69, 9.17) is 0 Å². The molecule has 0 aliphatic carbocycles. The van der Waals surface area contributed by atoms with Crippen molar-refractivity contribution in [2.75, 3.05) is 0 Å². The zero-order valence-corrected chi connectivity index (χ0v) is 10.1. The van der Waals surface area contributed by atoms with E-state index in [2.05, 4.69) is 18.7 Å². The van der Waals surface area contributed by atoms with Crippen LogP contribution in [-0.2, 0) is 4.79 Å². The Bertz CT molecular complexity index is 207. The van der Waals surface area contributed by atoms with Crippen molar-refractivity contribution in [3.63, 3.8) is 0 Å². The van der Waals surface area contributed by atoms with E-state index in [0.717, 1.165) is 12.8 Å². The Labute approximate surface area is 87.7 Å². The third-order valence-corrected chi connectivity index (χ3v) is 3.07. The summed E-state index contributed by atoms with van der Waals surface area (Å²) in [6, 6.07) is 0.843. The number of amides is 1. The highest BCUT2D eigenvalue weighted by atomic mass is 16.2. The van der Waals surface area contributed by atoms with Gasteiger partial charge in [0.25, 0.3) is 0 Å². The Morgan fingerprint density at radius 3 is 1.93 bits per heavy atom. The van der Waals surface area contributed by atoms with E-state index in [1.807, 2.05) is 20.8 Å². The molecule has 1 aliphatic heterocycles. The Morgan fingerprint density at radius 2 is 1.57 bits per heavy atom. The summed E-state index contributed by atoms with van der Waals surface area (Å²) < 4.78 is 0. The second-order valence-electron chi connectivity index (χ2n) is 5.59. The zero-order chi connectivity index (χ0) is 10.9. The van der Waals surface area contributed by atoms with Crippen LogP contribution in [0.4, 0.5) is 0 Å². The lowest BCUT2D eigenvalue weighted by molar-refractivity contribution is -0.145. The normalized spacial score (nSPS) is 29.1. The highest BCUT2D eigenvalue weighted by Crippen LogP contribution is 2.28. The Balaban J connectivity index is 2.78. The topological polar surface area (TPSA) is 20.3 Å². The number of carbonyl (C=O) groups excluding carboxylic acids is 1. The molecule has 0 radical (unpaired) electrons. The Hall–Kier alpha value is -0.530. The van der Waals surface area contributed by atoms with Crippen molar-refractivity contribution >= 4 is 5.91 Å². The second-order valence-corrected chi connectivity index (χ2v) is 5.59. The van der Waals surface area contributed by atoms with Gasteiger partial charge >= 0.3 is 0 Å². The molecule has 0 aromatic carbocycles. The van der Waals surface area contributed by atoms with Gasteiger partial charge < -0.3 is 4.90 Å². The largest absolute Gasteiger partial charge is 0.337 e. The standard InChI is InChI=1S/C12H23NO/c1-9-7-6-8-10(2)13(9)11(14)12(3,4)5/h9-10H,6-8H2,1-5H3/t9-,10+. The molecule has 1 amide bonds. The average molecular weight is 197 g/mol. The van der Waals surface area contributed by atoms with Crippen molar-refractivity contribution in [2.45, 2.75) is 66.0 Å². The summed E-state index contributed by atoms with van der Waals surface area (Å²) in [6.07, 6.45) is 3.58. The molecule has 82 valence electrons. The molecule has 2 atom stereocenters. The Kier molecular flexibility index (Phi) is 3.23. The molecule has 1 rings (SSSR count). The SMILES string of the molecule is C[C@@H]1CCC[C@H](C)N1C(=O)C(C)(C)C. The van der Waals surface area contributed by atoms with Gasteiger partial charge in [-0.05, 0) is 33.1 Å². The third kappa shape index (κ3) is 2.28. The van der Waals surface area contributed by atoms with Crippen LogP contribution in [0.3, 0.4) is 0 Å². The molecule has 1 saturated heterocycles. The van der Waals surface area contributed by atoms with Crippen LogP contribution in [0.2, 0.25) is 0 Å². The second kappa shape index (κ2) is 3.92. The first kappa shape index (κ1) is 11.5. The van der Waals surface area contributed by atoms with Crippen LogP contribution in [-0.4, -0.2) is 22.9 Å². The molecule has 0 spiro atoms. The highest BCUT2D eigenvalue weighted by Gasteiger charge is 2.34. The summed E-state index contributed by atoms with van der Waals surface area (Å²) in [5.41, 5.74) is -0.236. The summed E-state index contributed by atoms with van der Waals surface area (Å²) in [7, 11) is 0. The lowest BCUT2D eigenvalue weighted by Crippen LogP contribution is -2.51. The number of hydrogen-bond donors (Lipinski definition) is 0. The van der Waals surface area contributed by atoms with Gasteiger partial charge in [0.05, 0.1) is 0 Å². The number of hydrogen-bond acceptors (Lipinski definition) is 1. The highest BCUT2D eigenvalue weighted by molar-refractivity contribution is 5.82. The number of likely N-dealkylation sites (tertiary alicyclic amines) is 1. The molecule has 0 N–H and O–H groups in total. The van der Waals surface area contributed by atoms with Crippen molar-refractivity contribution in [3.8, 4) is 0 Å². The fourth-order valence-electron chi connectivity index (χ4n) is 2.21. The Morgan fingerprint density at radius 1 is 1.14 bits per heavy atom. The lowest BCUT2D eigenvalue weighted by Gasteiger charge is -2.42. The van der Waals surface area contributed by atoms with Gasteiger partial charge in [-0.1, -0.05) is 20.8 Å². The minimum Gasteiger partial charge on any atom is -0.337 e. The van der Waals surface area contributed by atoms with Crippen molar-refractivity contribution in [1.82, 2.24) is 4.90 Å². The first-order valence-electron chi connectivity index (χ1n) is 5.67. The maximum atomic E-state index is 12.2. The van der Waals surface area contributed by atoms with E-state index in [1.165, 1.54) is 6.42 Å². The summed E-state index contributed by atoms with van der Waals surface area (Å²) in [5, 5.41) is 0. The third-order valence-electron chi connectivity index (χ3n) is 3.07. The molecule has 0 unspecified atom stereocenters. The predicted octanol–water partition coefficient (Wildman–Crippen LogP) is 2.82. The van der Waals surface area contributed by atoms with Gasteiger partial charge in [0.15, 0.2) is 0 Å². The van der Waals surface area contributed by atoms with Crippen molar-refractivity contribution in [1.29, 1.82) is 0 Å². The van der Waals surface area contributed by atoms with Gasteiger partial charge in [0.1, 0.15) is 0 Å². The predicted molar refractivity (Wildman–Crippen MR) is 59.1 cm³/mol. The fraction of sp³-hybridized carbons (Fsp3) is 0.917. The van der Waals surface area contributed by atoms with Crippen LogP contribution < -0.4 is 0 Å². The van der Waals surface area contributed by atoms with Crippen LogP contribution in [0.25, 0.3) is 0 Å². The molecule has 0 saturated carbocycles. The molecule has 0 aromatic heterocycles. The van der Waals surface area contributed by atoms with Crippen LogP contribution in [0.15, 0.2) is 0 Å². The lowest BCUT2D eigenvalue weighted by atomic mass is 9.89. The number of nitrogens with zero attached hydrogens (tertiary/aromatic N) is 1. The van der Waals surface area contributed by atoms with Crippen molar-refractivity contribution in [3.05, 3.63) is 0 Å². The summed E-state index contributed by atoms with van der Waals surface area (Å²) in [4.78, 5) is 14.3. The summed E-state index contributed by atoms with van der Waals surface area (Å²) in [5.74, 6) is 0.303. The van der Waals surface area contributed by atoms with Crippen molar-refractivity contribution in [2.24, 2.45) is 5.41 Å². The molecule has 0 bridgehead atoms. The van der Waals surface area contributed by atoms with Gasteiger partial charge in [-0.15, -0.1) is 0 Å². The van der Waals surface area contributed by atoms with Gasteiger partial charge in [-0.25, -0.2) is 0 Å². The van der Waals surface area contributed by atoms with Crippen LogP contribution in [0, 0.1) is 5.41 Å². The average Bonchev–Trinajstić information content (AvgIpc) is 2.01. The number of piperidine rings is 1. The number of rotatable bonds is 0. The van der Waals surface area contributed by atoms with E-state index < -0.39 is 0 Å². The maximum Gasteiger partial charge on any atom is 0.228 e. The zero-order valence-electron chi connectivity index (χ0n) is 10.1. The maximum absolute atomic E-state index is 12.2. The minimum atomic E-state index is -0.236. The molecule has 0 aromatic rings. The van der Waals surface area contributed by atoms with E-state index in [1.54, 1.807) is 0 Å². The smallest absolute Gasteiger partial charge is 0.228 e. The van der Waals surface area contributed by atoms with Gasteiger partial charge in [0, 0.05) is 17.5 Å². The molecular formula is C12H23NO. The fourth-order valence-corrected chi connectivity index (χ4v) is 2.21. The summed E-state index contributed by atoms with van der Waals surface area (Å²) in [6.45, 7) is 10.3. The molecule has 2 nitrogen and oxygen atoms in total.